The number of rotatable bonds is 2. The number of anilines is 1. The Morgan fingerprint density at radius 1 is 1.53 bits per heavy atom. The lowest BCUT2D eigenvalue weighted by Gasteiger charge is -2.49. The molecule has 82 valence electrons. The van der Waals surface area contributed by atoms with Gasteiger partial charge in [-0.3, -0.25) is 0 Å². The number of hydrogen-bond acceptors (Lipinski definition) is 3. The molecule has 2 rings (SSSR count). The fourth-order valence-corrected chi connectivity index (χ4v) is 2.04. The largest absolute Gasteiger partial charge is 0.392 e. The summed E-state index contributed by atoms with van der Waals surface area (Å²) < 4.78 is 0.834. The Kier molecular flexibility index (Phi) is 2.73. The Morgan fingerprint density at radius 3 is 2.73 bits per heavy atom. The smallest absolute Gasteiger partial charge is 0.106 e. The van der Waals surface area contributed by atoms with Crippen molar-refractivity contribution >= 4 is 21.6 Å². The van der Waals surface area contributed by atoms with E-state index < -0.39 is 0 Å². The molecule has 3 nitrogen and oxygen atoms in total. The van der Waals surface area contributed by atoms with E-state index in [0.717, 1.165) is 16.7 Å². The summed E-state index contributed by atoms with van der Waals surface area (Å²) >= 11 is 3.30. The van der Waals surface area contributed by atoms with Gasteiger partial charge in [-0.2, -0.15) is 0 Å². The lowest BCUT2D eigenvalue weighted by atomic mass is 9.64. The molecule has 15 heavy (non-hydrogen) atoms. The number of aliphatic hydroxyl groups is 1. The molecule has 0 bridgehead atoms. The maximum atomic E-state index is 9.61. The molecule has 4 heteroatoms. The van der Waals surface area contributed by atoms with E-state index in [1.807, 2.05) is 12.1 Å². The highest BCUT2D eigenvalue weighted by molar-refractivity contribution is 9.10. The van der Waals surface area contributed by atoms with E-state index >= 15 is 0 Å². The molecular weight excluding hydrogens is 256 g/mol. The minimum absolute atomic E-state index is 0.0485. The van der Waals surface area contributed by atoms with Gasteiger partial charge in [0.2, 0.25) is 0 Å². The summed E-state index contributed by atoms with van der Waals surface area (Å²) in [6.07, 6.45) is 2.41. The number of aliphatic hydroxyl groups excluding tert-OH is 1. The first-order valence-electron chi connectivity index (χ1n) is 5.06. The predicted octanol–water partition coefficient (Wildman–Crippen LogP) is 2.42. The fourth-order valence-electron chi connectivity index (χ4n) is 1.81. The molecule has 2 atom stereocenters. The second-order valence-electron chi connectivity index (χ2n) is 4.64. The van der Waals surface area contributed by atoms with E-state index in [1.165, 1.54) is 0 Å². The van der Waals surface area contributed by atoms with E-state index in [-0.39, 0.29) is 11.5 Å². The van der Waals surface area contributed by atoms with Crippen molar-refractivity contribution in [2.75, 3.05) is 5.32 Å². The third-order valence-electron chi connectivity index (χ3n) is 3.28. The number of nitrogens with zero attached hydrogens (tertiary/aromatic N) is 1. The van der Waals surface area contributed by atoms with Crippen molar-refractivity contribution in [2.24, 2.45) is 5.41 Å². The van der Waals surface area contributed by atoms with Gasteiger partial charge in [0.05, 0.1) is 18.0 Å². The molecule has 0 amide bonds. The first-order chi connectivity index (χ1) is 7.00. The van der Waals surface area contributed by atoms with Crippen molar-refractivity contribution in [1.29, 1.82) is 0 Å². The number of nitrogens with one attached hydrogen (secondary N) is 1. The predicted molar refractivity (Wildman–Crippen MR) is 63.8 cm³/mol. The van der Waals surface area contributed by atoms with Gasteiger partial charge >= 0.3 is 0 Å². The summed E-state index contributed by atoms with van der Waals surface area (Å²) in [4.78, 5) is 4.15. The maximum absolute atomic E-state index is 9.61. The highest BCUT2D eigenvalue weighted by Gasteiger charge is 2.47. The van der Waals surface area contributed by atoms with Crippen molar-refractivity contribution in [3.05, 3.63) is 22.9 Å². The van der Waals surface area contributed by atoms with Gasteiger partial charge in [0, 0.05) is 11.5 Å². The van der Waals surface area contributed by atoms with Gasteiger partial charge in [0.1, 0.15) is 4.60 Å². The molecule has 2 unspecified atom stereocenters. The third-order valence-corrected chi connectivity index (χ3v) is 3.75. The molecule has 1 aliphatic carbocycles. The summed E-state index contributed by atoms with van der Waals surface area (Å²) in [7, 11) is 0. The van der Waals surface area contributed by atoms with E-state index in [2.05, 4.69) is 40.1 Å². The maximum Gasteiger partial charge on any atom is 0.106 e. The zero-order valence-corrected chi connectivity index (χ0v) is 10.5. The van der Waals surface area contributed by atoms with Gasteiger partial charge in [-0.15, -0.1) is 0 Å². The molecule has 1 saturated carbocycles. The van der Waals surface area contributed by atoms with Crippen molar-refractivity contribution in [2.45, 2.75) is 32.4 Å². The lowest BCUT2D eigenvalue weighted by Crippen LogP contribution is -2.56. The normalized spacial score (nSPS) is 28.3. The quantitative estimate of drug-likeness (QED) is 0.812. The van der Waals surface area contributed by atoms with Crippen LogP contribution in [0.3, 0.4) is 0 Å². The molecule has 0 saturated heterocycles. The van der Waals surface area contributed by atoms with Gasteiger partial charge < -0.3 is 10.4 Å². The van der Waals surface area contributed by atoms with Gasteiger partial charge in [-0.1, -0.05) is 13.8 Å². The second kappa shape index (κ2) is 3.76. The first kappa shape index (κ1) is 10.9. The monoisotopic (exact) mass is 270 g/mol. The Morgan fingerprint density at radius 2 is 2.27 bits per heavy atom. The van der Waals surface area contributed by atoms with Crippen molar-refractivity contribution in [3.63, 3.8) is 0 Å². The minimum Gasteiger partial charge on any atom is -0.392 e. The highest BCUT2D eigenvalue weighted by atomic mass is 79.9. The first-order valence-corrected chi connectivity index (χ1v) is 5.85. The van der Waals surface area contributed by atoms with Crippen LogP contribution in [-0.2, 0) is 0 Å². The Hall–Kier alpha value is -0.610. The van der Waals surface area contributed by atoms with E-state index in [1.54, 1.807) is 6.20 Å². The molecule has 1 aliphatic rings. The highest BCUT2D eigenvalue weighted by Crippen LogP contribution is 2.42. The lowest BCUT2D eigenvalue weighted by molar-refractivity contribution is -0.0510. The van der Waals surface area contributed by atoms with Crippen molar-refractivity contribution in [1.82, 2.24) is 4.98 Å². The van der Waals surface area contributed by atoms with Crippen LogP contribution < -0.4 is 5.32 Å². The van der Waals surface area contributed by atoms with E-state index in [4.69, 9.17) is 0 Å². The average Bonchev–Trinajstić information content (AvgIpc) is 2.21. The summed E-state index contributed by atoms with van der Waals surface area (Å²) in [6, 6.07) is 4.22. The Balaban J connectivity index is 2.02. The molecule has 1 fully saturated rings. The van der Waals surface area contributed by atoms with Crippen molar-refractivity contribution in [3.8, 4) is 0 Å². The Labute approximate surface area is 98.0 Å². The van der Waals surface area contributed by atoms with Crippen LogP contribution in [0.4, 0.5) is 5.69 Å². The van der Waals surface area contributed by atoms with Crippen LogP contribution in [0.25, 0.3) is 0 Å². The molecular formula is C11H15BrN2O. The zero-order chi connectivity index (χ0) is 11.1. The minimum atomic E-state index is -0.196. The molecule has 0 radical (unpaired) electrons. The van der Waals surface area contributed by atoms with Crippen LogP contribution in [0.1, 0.15) is 20.3 Å². The standard InChI is InChI=1S/C11H15BrN2O/c1-11(2)8(5-9(11)15)14-7-3-4-10(12)13-6-7/h3-4,6,8-9,14-15H,5H2,1-2H3. The topological polar surface area (TPSA) is 45.1 Å². The number of pyridine rings is 1. The number of hydrogen-bond donors (Lipinski definition) is 2. The van der Waals surface area contributed by atoms with Crippen LogP contribution >= 0.6 is 15.9 Å². The number of aromatic nitrogens is 1. The van der Waals surface area contributed by atoms with Crippen LogP contribution in [-0.4, -0.2) is 22.2 Å². The van der Waals surface area contributed by atoms with Crippen LogP contribution in [0.2, 0.25) is 0 Å². The van der Waals surface area contributed by atoms with Gasteiger partial charge in [-0.25, -0.2) is 4.98 Å². The van der Waals surface area contributed by atoms with Gasteiger partial charge in [-0.05, 0) is 34.5 Å². The molecule has 1 aromatic heterocycles. The van der Waals surface area contributed by atoms with Crippen LogP contribution in [0.15, 0.2) is 22.9 Å². The number of halogens is 1. The van der Waals surface area contributed by atoms with Crippen molar-refractivity contribution < 1.29 is 5.11 Å². The second-order valence-corrected chi connectivity index (χ2v) is 5.45. The summed E-state index contributed by atoms with van der Waals surface area (Å²) in [5.41, 5.74) is 0.954. The molecule has 0 spiro atoms. The SMILES string of the molecule is CC1(C)C(O)CC1Nc1ccc(Br)nc1. The summed E-state index contributed by atoms with van der Waals surface area (Å²) in [5.74, 6) is 0. The van der Waals surface area contributed by atoms with Gasteiger partial charge in [0.15, 0.2) is 0 Å². The van der Waals surface area contributed by atoms with Crippen LogP contribution in [0, 0.1) is 5.41 Å². The summed E-state index contributed by atoms with van der Waals surface area (Å²) in [6.45, 7) is 4.15. The molecule has 0 aromatic carbocycles. The van der Waals surface area contributed by atoms with E-state index in [0.29, 0.717) is 6.04 Å². The summed E-state index contributed by atoms with van der Waals surface area (Å²) in [5, 5.41) is 13.0. The molecule has 0 aliphatic heterocycles. The average molecular weight is 271 g/mol. The zero-order valence-electron chi connectivity index (χ0n) is 8.87. The molecule has 1 aromatic rings. The van der Waals surface area contributed by atoms with E-state index in [9.17, 15) is 5.11 Å². The van der Waals surface area contributed by atoms with Crippen LogP contribution in [0.5, 0.6) is 0 Å². The Bertz CT molecular complexity index is 350. The van der Waals surface area contributed by atoms with Gasteiger partial charge in [0.25, 0.3) is 0 Å². The molecule has 1 heterocycles. The molecule has 2 N–H and O–H groups in total. The fraction of sp³-hybridized carbons (Fsp3) is 0.545. The third kappa shape index (κ3) is 2.01.